The van der Waals surface area contributed by atoms with Gasteiger partial charge in [0, 0.05) is 44.9 Å². The lowest BCUT2D eigenvalue weighted by Gasteiger charge is -2.35. The van der Waals surface area contributed by atoms with Gasteiger partial charge in [0.15, 0.2) is 11.5 Å². The van der Waals surface area contributed by atoms with Gasteiger partial charge in [0.05, 0.1) is 13.7 Å². The maximum absolute atomic E-state index is 5.98. The van der Waals surface area contributed by atoms with Crippen LogP contribution < -0.4 is 15.2 Å². The van der Waals surface area contributed by atoms with E-state index in [9.17, 15) is 0 Å². The molecule has 0 aliphatic carbocycles. The van der Waals surface area contributed by atoms with Crippen LogP contribution in [0, 0.1) is 0 Å². The summed E-state index contributed by atoms with van der Waals surface area (Å²) in [5.74, 6) is 1.63. The van der Waals surface area contributed by atoms with Crippen LogP contribution in [0.2, 0.25) is 0 Å². The van der Waals surface area contributed by atoms with Crippen molar-refractivity contribution in [2.24, 2.45) is 5.73 Å². The lowest BCUT2D eigenvalue weighted by atomic mass is 10.1. The fraction of sp³-hybridized carbons (Fsp3) is 0.684. The molecule has 2 N–H and O–H groups in total. The van der Waals surface area contributed by atoms with Gasteiger partial charge in [-0.3, -0.25) is 4.90 Å². The molecule has 1 aliphatic heterocycles. The molecule has 2 rings (SSSR count). The average Bonchev–Trinajstić information content (AvgIpc) is 2.65. The Balaban J connectivity index is 1.92. The molecule has 25 heavy (non-hydrogen) atoms. The maximum Gasteiger partial charge on any atom is 0.165 e. The van der Waals surface area contributed by atoms with Crippen molar-refractivity contribution in [3.8, 4) is 11.5 Å². The molecule has 0 saturated carbocycles. The molecule has 1 aromatic rings. The number of methoxy groups -OCH3 is 1. The first-order valence-electron chi connectivity index (χ1n) is 9.29. The summed E-state index contributed by atoms with van der Waals surface area (Å²) in [5.41, 5.74) is 6.78. The minimum absolute atomic E-state index is 0.536. The van der Waals surface area contributed by atoms with Crippen molar-refractivity contribution in [1.29, 1.82) is 0 Å². The summed E-state index contributed by atoms with van der Waals surface area (Å²) in [5, 5.41) is 0. The highest BCUT2D eigenvalue weighted by Crippen LogP contribution is 2.32. The molecule has 0 unspecified atom stereocenters. The summed E-state index contributed by atoms with van der Waals surface area (Å²) in [6.07, 6.45) is 1.08. The van der Waals surface area contributed by atoms with E-state index in [4.69, 9.17) is 19.9 Å². The molecular formula is C19H33N3O3. The van der Waals surface area contributed by atoms with Crippen LogP contribution in [0.5, 0.6) is 11.5 Å². The zero-order valence-electron chi connectivity index (χ0n) is 15.7. The zero-order valence-corrected chi connectivity index (χ0v) is 15.7. The van der Waals surface area contributed by atoms with E-state index in [1.165, 1.54) is 5.56 Å². The molecule has 0 amide bonds. The van der Waals surface area contributed by atoms with Crippen molar-refractivity contribution in [2.75, 3.05) is 66.2 Å². The van der Waals surface area contributed by atoms with Crippen molar-refractivity contribution in [2.45, 2.75) is 19.9 Å². The minimum atomic E-state index is 0.536. The molecule has 0 atom stereocenters. The van der Waals surface area contributed by atoms with Gasteiger partial charge in [0.1, 0.15) is 6.61 Å². The Labute approximate surface area is 151 Å². The highest BCUT2D eigenvalue weighted by atomic mass is 16.5. The topological polar surface area (TPSA) is 60.2 Å². The Morgan fingerprint density at radius 2 is 1.84 bits per heavy atom. The zero-order chi connectivity index (χ0) is 17.9. The molecule has 1 saturated heterocycles. The van der Waals surface area contributed by atoms with Crippen molar-refractivity contribution >= 4 is 0 Å². The van der Waals surface area contributed by atoms with E-state index in [1.54, 1.807) is 7.11 Å². The number of rotatable bonds is 11. The molecule has 1 fully saturated rings. The van der Waals surface area contributed by atoms with Crippen LogP contribution in [-0.2, 0) is 11.3 Å². The van der Waals surface area contributed by atoms with Gasteiger partial charge in [0.2, 0.25) is 0 Å². The van der Waals surface area contributed by atoms with Gasteiger partial charge in [-0.1, -0.05) is 12.1 Å². The van der Waals surface area contributed by atoms with Gasteiger partial charge in [-0.2, -0.15) is 0 Å². The van der Waals surface area contributed by atoms with Crippen molar-refractivity contribution in [1.82, 2.24) is 9.80 Å². The maximum atomic E-state index is 5.98. The van der Waals surface area contributed by atoms with Crippen LogP contribution >= 0.6 is 0 Å². The Morgan fingerprint density at radius 1 is 1.08 bits per heavy atom. The highest BCUT2D eigenvalue weighted by molar-refractivity contribution is 5.46. The number of hydrogen-bond donors (Lipinski definition) is 1. The van der Waals surface area contributed by atoms with Gasteiger partial charge >= 0.3 is 0 Å². The molecule has 1 aliphatic rings. The third kappa shape index (κ3) is 6.47. The van der Waals surface area contributed by atoms with Crippen LogP contribution in [0.1, 0.15) is 18.9 Å². The molecule has 0 aromatic heterocycles. The summed E-state index contributed by atoms with van der Waals surface area (Å²) in [4.78, 5) is 4.97. The molecule has 0 bridgehead atoms. The number of hydrogen-bond acceptors (Lipinski definition) is 6. The lowest BCUT2D eigenvalue weighted by molar-refractivity contribution is 0.106. The fourth-order valence-corrected chi connectivity index (χ4v) is 3.08. The molecule has 142 valence electrons. The van der Waals surface area contributed by atoms with E-state index in [-0.39, 0.29) is 0 Å². The first-order valence-corrected chi connectivity index (χ1v) is 9.29. The molecule has 6 heteroatoms. The summed E-state index contributed by atoms with van der Waals surface area (Å²) >= 11 is 0. The number of piperazine rings is 1. The van der Waals surface area contributed by atoms with E-state index >= 15 is 0 Å². The summed E-state index contributed by atoms with van der Waals surface area (Å²) in [6.45, 7) is 10.9. The minimum Gasteiger partial charge on any atom is -0.493 e. The molecule has 1 aromatic carbocycles. The predicted molar refractivity (Wildman–Crippen MR) is 100 cm³/mol. The first-order chi connectivity index (χ1) is 12.3. The Bertz CT molecular complexity index is 491. The van der Waals surface area contributed by atoms with Gasteiger partial charge in [0.25, 0.3) is 0 Å². The van der Waals surface area contributed by atoms with E-state index in [1.807, 2.05) is 19.1 Å². The van der Waals surface area contributed by atoms with E-state index in [0.29, 0.717) is 19.8 Å². The molecule has 0 spiro atoms. The second kappa shape index (κ2) is 11.3. The smallest absolute Gasteiger partial charge is 0.165 e. The largest absolute Gasteiger partial charge is 0.493 e. The van der Waals surface area contributed by atoms with E-state index < -0.39 is 0 Å². The van der Waals surface area contributed by atoms with E-state index in [0.717, 1.165) is 63.7 Å². The second-order valence-electron chi connectivity index (χ2n) is 6.25. The van der Waals surface area contributed by atoms with Crippen molar-refractivity contribution in [3.05, 3.63) is 23.8 Å². The predicted octanol–water partition coefficient (Wildman–Crippen LogP) is 1.58. The highest BCUT2D eigenvalue weighted by Gasteiger charge is 2.19. The number of ether oxygens (including phenoxy) is 3. The van der Waals surface area contributed by atoms with Crippen LogP contribution in [0.25, 0.3) is 0 Å². The normalized spacial score (nSPS) is 16.1. The van der Waals surface area contributed by atoms with Crippen LogP contribution in [0.3, 0.4) is 0 Å². The van der Waals surface area contributed by atoms with Gasteiger partial charge in [-0.25, -0.2) is 0 Å². The molecule has 0 radical (unpaired) electrons. The lowest BCUT2D eigenvalue weighted by Crippen LogP contribution is -2.46. The van der Waals surface area contributed by atoms with Crippen LogP contribution in [-0.4, -0.2) is 76.0 Å². The fourth-order valence-electron chi connectivity index (χ4n) is 3.08. The Hall–Kier alpha value is -1.34. The average molecular weight is 351 g/mol. The molecule has 1 heterocycles. The summed E-state index contributed by atoms with van der Waals surface area (Å²) in [6, 6.07) is 6.10. The Kier molecular flexibility index (Phi) is 9.04. The third-order valence-corrected chi connectivity index (χ3v) is 4.50. The van der Waals surface area contributed by atoms with Gasteiger partial charge < -0.3 is 24.8 Å². The number of benzene rings is 1. The number of para-hydroxylation sites is 1. The second-order valence-corrected chi connectivity index (χ2v) is 6.25. The van der Waals surface area contributed by atoms with Crippen molar-refractivity contribution < 1.29 is 14.2 Å². The molecule has 6 nitrogen and oxygen atoms in total. The number of nitrogens with zero attached hydrogens (tertiary/aromatic N) is 2. The summed E-state index contributed by atoms with van der Waals surface area (Å²) in [7, 11) is 1.69. The first kappa shape index (κ1) is 20.0. The SMILES string of the molecule is CCOCCOc1c(CN2CCN(CCCN)CC2)cccc1OC. The van der Waals surface area contributed by atoms with Gasteiger partial charge in [-0.05, 0) is 32.5 Å². The quantitative estimate of drug-likeness (QED) is 0.611. The third-order valence-electron chi connectivity index (χ3n) is 4.50. The molecular weight excluding hydrogens is 318 g/mol. The van der Waals surface area contributed by atoms with Crippen LogP contribution in [0.4, 0.5) is 0 Å². The van der Waals surface area contributed by atoms with Crippen molar-refractivity contribution in [3.63, 3.8) is 0 Å². The number of nitrogens with two attached hydrogens (primary N) is 1. The van der Waals surface area contributed by atoms with E-state index in [2.05, 4.69) is 15.9 Å². The van der Waals surface area contributed by atoms with Gasteiger partial charge in [-0.15, -0.1) is 0 Å². The standard InChI is InChI=1S/C19H33N3O3/c1-3-24-14-15-25-19-17(6-4-7-18(19)23-2)16-22-12-10-21(11-13-22)9-5-8-20/h4,6-7H,3,5,8-16,20H2,1-2H3. The van der Waals surface area contributed by atoms with Crippen LogP contribution in [0.15, 0.2) is 18.2 Å². The monoisotopic (exact) mass is 351 g/mol. The Morgan fingerprint density at radius 3 is 2.52 bits per heavy atom. The summed E-state index contributed by atoms with van der Waals surface area (Å²) < 4.78 is 16.8.